The third-order valence-electron chi connectivity index (χ3n) is 2.43. The van der Waals surface area contributed by atoms with Gasteiger partial charge in [-0.15, -0.1) is 10.2 Å². The molecular weight excluding hydrogens is 230 g/mol. The van der Waals surface area contributed by atoms with Crippen molar-refractivity contribution in [1.29, 1.82) is 0 Å². The molecule has 0 unspecified atom stereocenters. The number of hydrogen-bond acceptors (Lipinski definition) is 6. The van der Waals surface area contributed by atoms with Crippen molar-refractivity contribution in [3.8, 4) is 22.8 Å². The minimum atomic E-state index is 0.262. The zero-order chi connectivity index (χ0) is 12.4. The minimum Gasteiger partial charge on any atom is -0.422 e. The number of anilines is 1. The van der Waals surface area contributed by atoms with Crippen LogP contribution in [0.1, 0.15) is 0 Å². The predicted molar refractivity (Wildman–Crippen MR) is 65.2 cm³/mol. The Labute approximate surface area is 103 Å². The van der Waals surface area contributed by atoms with Gasteiger partial charge in [-0.3, -0.25) is 0 Å². The van der Waals surface area contributed by atoms with Crippen LogP contribution in [0.5, 0.6) is 0 Å². The number of nitrogen functional groups attached to an aromatic ring is 1. The summed E-state index contributed by atoms with van der Waals surface area (Å²) in [6, 6.07) is 9.68. The van der Waals surface area contributed by atoms with E-state index in [9.17, 15) is 0 Å². The van der Waals surface area contributed by atoms with E-state index >= 15 is 0 Å². The second-order valence-corrected chi connectivity index (χ2v) is 3.60. The zero-order valence-corrected chi connectivity index (χ0v) is 9.32. The Bertz CT molecular complexity index is 651. The average Bonchev–Trinajstić information content (AvgIpc) is 2.94. The van der Waals surface area contributed by atoms with Gasteiger partial charge in [-0.1, -0.05) is 30.3 Å². The van der Waals surface area contributed by atoms with Crippen LogP contribution in [0.15, 0.2) is 47.3 Å². The van der Waals surface area contributed by atoms with Crippen molar-refractivity contribution in [3.05, 3.63) is 42.9 Å². The van der Waals surface area contributed by atoms with Crippen LogP contribution in [0, 0.1) is 0 Å². The molecule has 3 rings (SSSR count). The highest BCUT2D eigenvalue weighted by atomic mass is 16.4. The fraction of sp³-hybridized carbons (Fsp3) is 0. The zero-order valence-electron chi connectivity index (χ0n) is 9.32. The van der Waals surface area contributed by atoms with Crippen LogP contribution >= 0.6 is 0 Å². The number of aromatic nitrogens is 4. The minimum absolute atomic E-state index is 0.262. The molecule has 18 heavy (non-hydrogen) atoms. The number of nitrogens with zero attached hydrogens (tertiary/aromatic N) is 4. The number of rotatable bonds is 2. The van der Waals surface area contributed by atoms with E-state index in [2.05, 4.69) is 20.2 Å². The van der Waals surface area contributed by atoms with Crippen LogP contribution in [-0.2, 0) is 0 Å². The van der Waals surface area contributed by atoms with Crippen LogP contribution in [-0.4, -0.2) is 20.2 Å². The van der Waals surface area contributed by atoms with E-state index < -0.39 is 0 Å². The van der Waals surface area contributed by atoms with Crippen LogP contribution in [0.4, 0.5) is 5.82 Å². The van der Waals surface area contributed by atoms with E-state index in [-0.39, 0.29) is 11.7 Å². The first kappa shape index (κ1) is 10.4. The van der Waals surface area contributed by atoms with Gasteiger partial charge in [0.1, 0.15) is 0 Å². The summed E-state index contributed by atoms with van der Waals surface area (Å²) in [5.41, 5.74) is 7.81. The highest BCUT2D eigenvalue weighted by Crippen LogP contribution is 2.23. The summed E-state index contributed by atoms with van der Waals surface area (Å²) >= 11 is 0. The molecule has 0 bridgehead atoms. The topological polar surface area (TPSA) is 90.7 Å². The van der Waals surface area contributed by atoms with E-state index in [0.29, 0.717) is 11.4 Å². The molecular formula is C12H9N5O. The molecule has 6 nitrogen and oxygen atoms in total. The lowest BCUT2D eigenvalue weighted by Gasteiger charge is -2.03. The maximum Gasteiger partial charge on any atom is 0.269 e. The molecule has 3 aromatic rings. The lowest BCUT2D eigenvalue weighted by atomic mass is 10.1. The molecule has 0 atom stereocenters. The molecule has 0 amide bonds. The summed E-state index contributed by atoms with van der Waals surface area (Å²) in [6.45, 7) is 0. The molecule has 6 heteroatoms. The molecule has 2 aromatic heterocycles. The van der Waals surface area contributed by atoms with E-state index in [1.165, 1.54) is 6.39 Å². The van der Waals surface area contributed by atoms with Gasteiger partial charge in [0.05, 0.1) is 11.9 Å². The van der Waals surface area contributed by atoms with E-state index in [4.69, 9.17) is 10.2 Å². The Morgan fingerprint density at radius 2 is 1.94 bits per heavy atom. The number of benzene rings is 1. The van der Waals surface area contributed by atoms with Crippen LogP contribution in [0.25, 0.3) is 22.8 Å². The molecule has 1 aromatic carbocycles. The normalized spacial score (nSPS) is 10.4. The van der Waals surface area contributed by atoms with Crippen molar-refractivity contribution in [2.45, 2.75) is 0 Å². The molecule has 0 aliphatic carbocycles. The standard InChI is InChI=1S/C12H9N5O/c13-11-10(12-17-15-7-18-12)16-9(6-14-11)8-4-2-1-3-5-8/h1-7H,(H2,13,14). The maximum absolute atomic E-state index is 5.76. The molecule has 0 radical (unpaired) electrons. The first-order valence-electron chi connectivity index (χ1n) is 5.29. The second-order valence-electron chi connectivity index (χ2n) is 3.60. The highest BCUT2D eigenvalue weighted by Gasteiger charge is 2.12. The van der Waals surface area contributed by atoms with Crippen LogP contribution in [0.2, 0.25) is 0 Å². The van der Waals surface area contributed by atoms with E-state index in [0.717, 1.165) is 5.56 Å². The van der Waals surface area contributed by atoms with Gasteiger partial charge in [-0.05, 0) is 0 Å². The van der Waals surface area contributed by atoms with Crippen molar-refractivity contribution in [1.82, 2.24) is 20.2 Å². The van der Waals surface area contributed by atoms with Gasteiger partial charge in [-0.2, -0.15) is 0 Å². The molecule has 88 valence electrons. The molecule has 0 saturated carbocycles. The van der Waals surface area contributed by atoms with Crippen molar-refractivity contribution in [3.63, 3.8) is 0 Å². The van der Waals surface area contributed by atoms with Gasteiger partial charge >= 0.3 is 0 Å². The third kappa shape index (κ3) is 1.80. The SMILES string of the molecule is Nc1ncc(-c2ccccc2)nc1-c1nnco1. The molecule has 0 aliphatic rings. The lowest BCUT2D eigenvalue weighted by molar-refractivity contribution is 0.566. The summed E-state index contributed by atoms with van der Waals surface area (Å²) in [7, 11) is 0. The van der Waals surface area contributed by atoms with Crippen LogP contribution in [0.3, 0.4) is 0 Å². The summed E-state index contributed by atoms with van der Waals surface area (Å²) < 4.78 is 5.09. The van der Waals surface area contributed by atoms with Crippen LogP contribution < -0.4 is 5.73 Å². The summed E-state index contributed by atoms with van der Waals surface area (Å²) in [6.07, 6.45) is 2.84. The number of nitrogens with two attached hydrogens (primary N) is 1. The average molecular weight is 239 g/mol. The molecule has 0 saturated heterocycles. The van der Waals surface area contributed by atoms with Crippen molar-refractivity contribution in [2.24, 2.45) is 0 Å². The summed E-state index contributed by atoms with van der Waals surface area (Å²) in [4.78, 5) is 8.50. The smallest absolute Gasteiger partial charge is 0.269 e. The molecule has 0 spiro atoms. The van der Waals surface area contributed by atoms with Gasteiger partial charge in [-0.25, -0.2) is 9.97 Å². The second kappa shape index (κ2) is 4.25. The Hall–Kier alpha value is -2.76. The third-order valence-corrected chi connectivity index (χ3v) is 2.43. The fourth-order valence-corrected chi connectivity index (χ4v) is 1.58. The molecule has 2 heterocycles. The Morgan fingerprint density at radius 3 is 2.67 bits per heavy atom. The molecule has 0 fully saturated rings. The highest BCUT2D eigenvalue weighted by molar-refractivity contribution is 5.67. The quantitative estimate of drug-likeness (QED) is 0.732. The van der Waals surface area contributed by atoms with Gasteiger partial charge in [0.15, 0.2) is 11.5 Å². The largest absolute Gasteiger partial charge is 0.422 e. The first-order valence-corrected chi connectivity index (χ1v) is 5.29. The van der Waals surface area contributed by atoms with Gasteiger partial charge in [0.25, 0.3) is 5.89 Å². The van der Waals surface area contributed by atoms with Gasteiger partial charge in [0.2, 0.25) is 6.39 Å². The summed E-state index contributed by atoms with van der Waals surface area (Å²) in [5, 5.41) is 7.39. The van der Waals surface area contributed by atoms with Gasteiger partial charge < -0.3 is 10.2 Å². The van der Waals surface area contributed by atoms with Gasteiger partial charge in [0, 0.05) is 5.56 Å². The Morgan fingerprint density at radius 1 is 1.11 bits per heavy atom. The monoisotopic (exact) mass is 239 g/mol. The summed E-state index contributed by atoms with van der Waals surface area (Å²) in [5.74, 6) is 0.525. The molecule has 2 N–H and O–H groups in total. The Kier molecular flexibility index (Phi) is 2.45. The van der Waals surface area contributed by atoms with E-state index in [1.54, 1.807) is 6.20 Å². The van der Waals surface area contributed by atoms with E-state index in [1.807, 2.05) is 30.3 Å². The lowest BCUT2D eigenvalue weighted by Crippen LogP contribution is -1.99. The fourth-order valence-electron chi connectivity index (χ4n) is 1.58. The predicted octanol–water partition coefficient (Wildman–Crippen LogP) is 1.78. The maximum atomic E-state index is 5.76. The Balaban J connectivity index is 2.12. The van der Waals surface area contributed by atoms with Crippen molar-refractivity contribution in [2.75, 3.05) is 5.73 Å². The molecule has 0 aliphatic heterocycles. The number of hydrogen-bond donors (Lipinski definition) is 1. The van der Waals surface area contributed by atoms with Crippen molar-refractivity contribution >= 4 is 5.82 Å². The van der Waals surface area contributed by atoms with Crippen molar-refractivity contribution < 1.29 is 4.42 Å². The first-order chi connectivity index (χ1) is 8.84.